The molecule has 2 aromatic rings. The van der Waals surface area contributed by atoms with Crippen molar-refractivity contribution in [1.29, 1.82) is 10.5 Å². The van der Waals surface area contributed by atoms with Gasteiger partial charge in [-0.05, 0) is 35.9 Å². The summed E-state index contributed by atoms with van der Waals surface area (Å²) in [6, 6.07) is 14.1. The van der Waals surface area contributed by atoms with Crippen molar-refractivity contribution >= 4 is 5.69 Å². The van der Waals surface area contributed by atoms with Gasteiger partial charge in [0.1, 0.15) is 17.2 Å². The first-order valence-corrected chi connectivity index (χ1v) is 6.18. The Morgan fingerprint density at radius 2 is 1.81 bits per heavy atom. The van der Waals surface area contributed by atoms with Crippen LogP contribution in [0.25, 0.3) is 0 Å². The molecule has 2 aromatic carbocycles. The van der Waals surface area contributed by atoms with Crippen molar-refractivity contribution < 1.29 is 9.47 Å². The zero-order valence-electron chi connectivity index (χ0n) is 11.5. The molecule has 5 nitrogen and oxygen atoms in total. The fourth-order valence-electron chi connectivity index (χ4n) is 1.83. The van der Waals surface area contributed by atoms with Crippen molar-refractivity contribution in [3.63, 3.8) is 0 Å². The van der Waals surface area contributed by atoms with Crippen LogP contribution in [0.2, 0.25) is 0 Å². The standard InChI is InChI=1S/C16H13N3O2/c1-20-14-6-11(10-18)7-15(9-14)21-13-2-3-16(19)12(8-13)4-5-17/h2-3,6-9H,4,19H2,1H3. The summed E-state index contributed by atoms with van der Waals surface area (Å²) in [7, 11) is 1.52. The van der Waals surface area contributed by atoms with E-state index in [-0.39, 0.29) is 6.42 Å². The van der Waals surface area contributed by atoms with Crippen molar-refractivity contribution in [3.05, 3.63) is 47.5 Å². The van der Waals surface area contributed by atoms with Crippen molar-refractivity contribution in [2.45, 2.75) is 6.42 Å². The molecule has 0 amide bonds. The highest BCUT2D eigenvalue weighted by molar-refractivity contribution is 5.53. The normalized spacial score (nSPS) is 9.48. The third kappa shape index (κ3) is 3.43. The van der Waals surface area contributed by atoms with Crippen molar-refractivity contribution in [3.8, 4) is 29.4 Å². The first kappa shape index (κ1) is 14.2. The topological polar surface area (TPSA) is 92.1 Å². The highest BCUT2D eigenvalue weighted by atomic mass is 16.5. The second-order valence-electron chi connectivity index (χ2n) is 4.31. The Morgan fingerprint density at radius 3 is 2.48 bits per heavy atom. The number of anilines is 1. The number of rotatable bonds is 4. The van der Waals surface area contributed by atoms with Gasteiger partial charge < -0.3 is 15.2 Å². The van der Waals surface area contributed by atoms with Gasteiger partial charge in [0.2, 0.25) is 0 Å². The molecule has 0 aliphatic heterocycles. The van der Waals surface area contributed by atoms with Crippen LogP contribution in [0.5, 0.6) is 17.2 Å². The number of benzene rings is 2. The predicted octanol–water partition coefficient (Wildman–Crippen LogP) is 3.01. The molecule has 2 N–H and O–H groups in total. The Labute approximate surface area is 122 Å². The van der Waals surface area contributed by atoms with Gasteiger partial charge in [0, 0.05) is 11.8 Å². The monoisotopic (exact) mass is 279 g/mol. The number of methoxy groups -OCH3 is 1. The summed E-state index contributed by atoms with van der Waals surface area (Å²) in [6.45, 7) is 0. The molecule has 0 aromatic heterocycles. The van der Waals surface area contributed by atoms with E-state index in [1.54, 1.807) is 36.4 Å². The van der Waals surface area contributed by atoms with E-state index in [2.05, 4.69) is 6.07 Å². The average molecular weight is 279 g/mol. The Morgan fingerprint density at radius 1 is 1.05 bits per heavy atom. The summed E-state index contributed by atoms with van der Waals surface area (Å²) in [5.74, 6) is 1.57. The van der Waals surface area contributed by atoms with E-state index in [9.17, 15) is 0 Å². The molecule has 0 aliphatic rings. The largest absolute Gasteiger partial charge is 0.497 e. The molecule has 104 valence electrons. The minimum Gasteiger partial charge on any atom is -0.497 e. The van der Waals surface area contributed by atoms with Crippen molar-refractivity contribution in [2.75, 3.05) is 12.8 Å². The molecule has 0 saturated heterocycles. The number of ether oxygens (including phenoxy) is 2. The molecule has 0 fully saturated rings. The molecule has 0 aliphatic carbocycles. The second-order valence-corrected chi connectivity index (χ2v) is 4.31. The molecule has 0 bridgehead atoms. The molecule has 0 radical (unpaired) electrons. The zero-order valence-corrected chi connectivity index (χ0v) is 11.5. The van der Waals surface area contributed by atoms with Crippen LogP contribution in [0.3, 0.4) is 0 Å². The van der Waals surface area contributed by atoms with Crippen molar-refractivity contribution in [1.82, 2.24) is 0 Å². The first-order chi connectivity index (χ1) is 10.2. The maximum atomic E-state index is 8.98. The Kier molecular flexibility index (Phi) is 4.28. The zero-order chi connectivity index (χ0) is 15.2. The number of nitrogen functional groups attached to an aromatic ring is 1. The summed E-state index contributed by atoms with van der Waals surface area (Å²) in [5, 5.41) is 17.7. The van der Waals surface area contributed by atoms with Gasteiger partial charge in [-0.15, -0.1) is 0 Å². The molecule has 0 heterocycles. The van der Waals surface area contributed by atoms with Crippen LogP contribution >= 0.6 is 0 Å². The molecule has 0 atom stereocenters. The summed E-state index contributed by atoms with van der Waals surface area (Å²) >= 11 is 0. The van der Waals surface area contributed by atoms with Gasteiger partial charge in [-0.1, -0.05) is 0 Å². The molecule has 2 rings (SSSR count). The lowest BCUT2D eigenvalue weighted by atomic mass is 10.1. The maximum absolute atomic E-state index is 8.98. The highest BCUT2D eigenvalue weighted by Crippen LogP contribution is 2.29. The molecule has 21 heavy (non-hydrogen) atoms. The number of nitrogens with zero attached hydrogens (tertiary/aromatic N) is 2. The van der Waals surface area contributed by atoms with E-state index in [1.807, 2.05) is 6.07 Å². The van der Waals surface area contributed by atoms with Crippen LogP contribution in [0.4, 0.5) is 5.69 Å². The molecule has 0 saturated carbocycles. The number of hydrogen-bond acceptors (Lipinski definition) is 5. The summed E-state index contributed by atoms with van der Waals surface area (Å²) < 4.78 is 10.8. The lowest BCUT2D eigenvalue weighted by Crippen LogP contribution is -1.95. The molecule has 5 heteroatoms. The van der Waals surface area contributed by atoms with Crippen LogP contribution < -0.4 is 15.2 Å². The fraction of sp³-hybridized carbons (Fsp3) is 0.125. The Bertz CT molecular complexity index is 742. The molecular weight excluding hydrogens is 266 g/mol. The summed E-state index contributed by atoms with van der Waals surface area (Å²) in [6.07, 6.45) is 0.213. The Hall–Kier alpha value is -3.18. The van der Waals surface area contributed by atoms with E-state index in [4.69, 9.17) is 25.7 Å². The molecule has 0 unspecified atom stereocenters. The summed E-state index contributed by atoms with van der Waals surface area (Å²) in [4.78, 5) is 0. The van der Waals surface area contributed by atoms with Gasteiger partial charge in [-0.3, -0.25) is 0 Å². The lowest BCUT2D eigenvalue weighted by molar-refractivity contribution is 0.409. The van der Waals surface area contributed by atoms with E-state index in [0.717, 1.165) is 0 Å². The minimum absolute atomic E-state index is 0.213. The van der Waals surface area contributed by atoms with E-state index in [0.29, 0.717) is 34.1 Å². The van der Waals surface area contributed by atoms with Gasteiger partial charge >= 0.3 is 0 Å². The third-order valence-corrected chi connectivity index (χ3v) is 2.86. The van der Waals surface area contributed by atoms with Gasteiger partial charge in [-0.25, -0.2) is 0 Å². The van der Waals surface area contributed by atoms with E-state index >= 15 is 0 Å². The minimum atomic E-state index is 0.213. The number of nitriles is 2. The quantitative estimate of drug-likeness (QED) is 0.868. The Balaban J connectivity index is 2.32. The molecule has 0 spiro atoms. The van der Waals surface area contributed by atoms with Crippen LogP contribution in [0.1, 0.15) is 11.1 Å². The number of hydrogen-bond donors (Lipinski definition) is 1. The van der Waals surface area contributed by atoms with Gasteiger partial charge in [0.15, 0.2) is 0 Å². The first-order valence-electron chi connectivity index (χ1n) is 6.18. The van der Waals surface area contributed by atoms with Crippen LogP contribution in [-0.4, -0.2) is 7.11 Å². The van der Waals surface area contributed by atoms with Gasteiger partial charge in [0.25, 0.3) is 0 Å². The lowest BCUT2D eigenvalue weighted by Gasteiger charge is -2.10. The second kappa shape index (κ2) is 6.31. The van der Waals surface area contributed by atoms with E-state index < -0.39 is 0 Å². The van der Waals surface area contributed by atoms with Crippen LogP contribution in [0.15, 0.2) is 36.4 Å². The maximum Gasteiger partial charge on any atom is 0.132 e. The van der Waals surface area contributed by atoms with Gasteiger partial charge in [0.05, 0.1) is 31.2 Å². The third-order valence-electron chi connectivity index (χ3n) is 2.86. The van der Waals surface area contributed by atoms with Crippen molar-refractivity contribution in [2.24, 2.45) is 0 Å². The predicted molar refractivity (Wildman–Crippen MR) is 78.0 cm³/mol. The van der Waals surface area contributed by atoms with Crippen LogP contribution in [-0.2, 0) is 6.42 Å². The fourth-order valence-corrected chi connectivity index (χ4v) is 1.83. The highest BCUT2D eigenvalue weighted by Gasteiger charge is 2.06. The number of nitrogens with two attached hydrogens (primary N) is 1. The SMILES string of the molecule is COc1cc(C#N)cc(Oc2ccc(N)c(CC#N)c2)c1. The summed E-state index contributed by atoms with van der Waals surface area (Å²) in [5.41, 5.74) is 7.49. The smallest absolute Gasteiger partial charge is 0.132 e. The van der Waals surface area contributed by atoms with E-state index in [1.165, 1.54) is 7.11 Å². The van der Waals surface area contributed by atoms with Gasteiger partial charge in [-0.2, -0.15) is 10.5 Å². The average Bonchev–Trinajstić information content (AvgIpc) is 2.50. The molecular formula is C16H13N3O2. The van der Waals surface area contributed by atoms with Crippen LogP contribution in [0, 0.1) is 22.7 Å².